The number of hydrogen-bond acceptors (Lipinski definition) is 5. The molecular weight excluding hydrogens is 476 g/mol. The predicted molar refractivity (Wildman–Crippen MR) is 118 cm³/mol. The predicted octanol–water partition coefficient (Wildman–Crippen LogP) is 3.58. The summed E-state index contributed by atoms with van der Waals surface area (Å²) in [5.41, 5.74) is 2.64. The Morgan fingerprint density at radius 3 is 1.83 bits per heavy atom. The third-order valence-corrected chi connectivity index (χ3v) is 5.46. The average molecular weight is 500 g/mol. The van der Waals surface area contributed by atoms with Crippen molar-refractivity contribution in [3.05, 3.63) is 63.1 Å². The van der Waals surface area contributed by atoms with E-state index in [1.54, 1.807) is 7.11 Å². The molecule has 9 heteroatoms. The monoisotopic (exact) mass is 498 g/mol. The number of hydrogen-bond donors (Lipinski definition) is 2. The van der Waals surface area contributed by atoms with Gasteiger partial charge in [0.1, 0.15) is 5.75 Å². The molecule has 0 atom stereocenters. The quantitative estimate of drug-likeness (QED) is 0.608. The zero-order valence-electron chi connectivity index (χ0n) is 16.6. The molecule has 0 amide bonds. The van der Waals surface area contributed by atoms with Crippen LogP contribution in [0.4, 0.5) is 0 Å². The topological polar surface area (TPSA) is 90.3 Å². The van der Waals surface area contributed by atoms with Crippen molar-refractivity contribution in [1.82, 2.24) is 9.80 Å². The van der Waals surface area contributed by atoms with Crippen molar-refractivity contribution in [2.75, 3.05) is 33.3 Å². The van der Waals surface area contributed by atoms with Gasteiger partial charge in [-0.25, -0.2) is 9.59 Å². The van der Waals surface area contributed by atoms with Crippen molar-refractivity contribution in [1.29, 1.82) is 0 Å². The first-order valence-electron chi connectivity index (χ1n) is 9.26. The van der Waals surface area contributed by atoms with Crippen LogP contribution in [-0.4, -0.2) is 65.2 Å². The van der Waals surface area contributed by atoms with Gasteiger partial charge in [-0.2, -0.15) is 0 Å². The Morgan fingerprint density at radius 2 is 1.40 bits per heavy atom. The minimum absolute atomic E-state index is 0.800. The van der Waals surface area contributed by atoms with Gasteiger partial charge in [0.15, 0.2) is 0 Å². The molecule has 0 saturated carbocycles. The summed E-state index contributed by atoms with van der Waals surface area (Å²) in [5.74, 6) is -2.77. The molecule has 0 aliphatic carbocycles. The van der Waals surface area contributed by atoms with Crippen LogP contribution >= 0.6 is 27.5 Å². The highest BCUT2D eigenvalue weighted by atomic mass is 79.9. The molecule has 1 aliphatic rings. The maximum absolute atomic E-state index is 9.10. The molecule has 7 nitrogen and oxygen atoms in total. The summed E-state index contributed by atoms with van der Waals surface area (Å²) in [4.78, 5) is 23.2. The van der Waals surface area contributed by atoms with Gasteiger partial charge in [0.25, 0.3) is 0 Å². The van der Waals surface area contributed by atoms with Crippen LogP contribution in [0.15, 0.2) is 46.9 Å². The van der Waals surface area contributed by atoms with E-state index < -0.39 is 11.9 Å². The van der Waals surface area contributed by atoms with Gasteiger partial charge >= 0.3 is 11.9 Å². The Labute approximate surface area is 188 Å². The fourth-order valence-electron chi connectivity index (χ4n) is 3.02. The molecule has 2 aromatic carbocycles. The summed E-state index contributed by atoms with van der Waals surface area (Å²) in [6.45, 7) is 6.37. The Balaban J connectivity index is 0.000000469. The first kappa shape index (κ1) is 24.1. The maximum atomic E-state index is 9.10. The van der Waals surface area contributed by atoms with E-state index in [-0.39, 0.29) is 0 Å². The number of ether oxygens (including phenoxy) is 1. The van der Waals surface area contributed by atoms with Crippen LogP contribution in [0.1, 0.15) is 11.1 Å². The third-order valence-electron chi connectivity index (χ3n) is 4.59. The van der Waals surface area contributed by atoms with Gasteiger partial charge in [-0.15, -0.1) is 0 Å². The Kier molecular flexibility index (Phi) is 9.58. The molecular formula is C21H24BrClN2O5. The summed E-state index contributed by atoms with van der Waals surface area (Å²) in [6.07, 6.45) is 0. The van der Waals surface area contributed by atoms with Crippen molar-refractivity contribution in [3.8, 4) is 5.75 Å². The highest BCUT2D eigenvalue weighted by Gasteiger charge is 2.17. The second kappa shape index (κ2) is 11.9. The molecule has 0 unspecified atom stereocenters. The lowest BCUT2D eigenvalue weighted by Gasteiger charge is -2.34. The first-order valence-corrected chi connectivity index (χ1v) is 10.4. The zero-order chi connectivity index (χ0) is 22.1. The van der Waals surface area contributed by atoms with Crippen molar-refractivity contribution in [3.63, 3.8) is 0 Å². The number of methoxy groups -OCH3 is 1. The van der Waals surface area contributed by atoms with Gasteiger partial charge in [-0.3, -0.25) is 9.80 Å². The van der Waals surface area contributed by atoms with E-state index in [1.165, 1.54) is 11.1 Å². The minimum Gasteiger partial charge on any atom is -0.496 e. The fraction of sp³-hybridized carbons (Fsp3) is 0.333. The van der Waals surface area contributed by atoms with Crippen LogP contribution in [0.3, 0.4) is 0 Å². The van der Waals surface area contributed by atoms with Gasteiger partial charge in [-0.1, -0.05) is 29.8 Å². The summed E-state index contributed by atoms with van der Waals surface area (Å²) in [6, 6.07) is 14.5. The molecule has 1 heterocycles. The number of aliphatic carboxylic acids is 2. The van der Waals surface area contributed by atoms with E-state index in [9.17, 15) is 0 Å². The lowest BCUT2D eigenvalue weighted by atomic mass is 10.1. The number of halogens is 2. The third kappa shape index (κ3) is 7.95. The van der Waals surface area contributed by atoms with Crippen LogP contribution in [0.2, 0.25) is 5.02 Å². The summed E-state index contributed by atoms with van der Waals surface area (Å²) < 4.78 is 6.31. The average Bonchev–Trinajstić information content (AvgIpc) is 2.72. The Hall–Kier alpha value is -2.13. The number of carboxylic acid groups (broad SMARTS) is 2. The molecule has 1 fully saturated rings. The van der Waals surface area contributed by atoms with E-state index >= 15 is 0 Å². The number of benzene rings is 2. The molecule has 1 saturated heterocycles. The molecule has 162 valence electrons. The lowest BCUT2D eigenvalue weighted by Crippen LogP contribution is -2.45. The minimum atomic E-state index is -1.82. The van der Waals surface area contributed by atoms with E-state index in [2.05, 4.69) is 50.0 Å². The van der Waals surface area contributed by atoms with Crippen LogP contribution in [0.5, 0.6) is 5.75 Å². The Bertz CT molecular complexity index is 843. The van der Waals surface area contributed by atoms with Gasteiger partial charge in [0.05, 0.1) is 11.6 Å². The standard InChI is InChI=1S/C19H22BrClN2O.C2H2O4/c1-24-19-7-4-16(12-18(19)20)14-23-10-8-22(9-11-23)13-15-2-5-17(21)6-3-15;3-1(4)2(5)6/h2-7,12H,8-11,13-14H2,1H3;(H,3,4)(H,5,6). The molecule has 0 bridgehead atoms. The molecule has 0 radical (unpaired) electrons. The van der Waals surface area contributed by atoms with E-state index in [0.29, 0.717) is 0 Å². The molecule has 2 N–H and O–H groups in total. The van der Waals surface area contributed by atoms with Gasteiger partial charge in [0.2, 0.25) is 0 Å². The van der Waals surface area contributed by atoms with Crippen LogP contribution in [0, 0.1) is 0 Å². The molecule has 30 heavy (non-hydrogen) atoms. The highest BCUT2D eigenvalue weighted by molar-refractivity contribution is 9.10. The van der Waals surface area contributed by atoms with Crippen molar-refractivity contribution >= 4 is 39.5 Å². The summed E-state index contributed by atoms with van der Waals surface area (Å²) >= 11 is 9.51. The molecule has 0 aromatic heterocycles. The van der Waals surface area contributed by atoms with Crippen molar-refractivity contribution < 1.29 is 24.5 Å². The molecule has 0 spiro atoms. The normalized spacial score (nSPS) is 14.5. The van der Waals surface area contributed by atoms with Crippen LogP contribution < -0.4 is 4.74 Å². The van der Waals surface area contributed by atoms with Crippen LogP contribution in [-0.2, 0) is 22.7 Å². The van der Waals surface area contributed by atoms with E-state index in [1.807, 2.05) is 18.2 Å². The SMILES string of the molecule is COc1ccc(CN2CCN(Cc3ccc(Cl)cc3)CC2)cc1Br.O=C(O)C(=O)O. The van der Waals surface area contributed by atoms with E-state index in [4.69, 9.17) is 36.1 Å². The fourth-order valence-corrected chi connectivity index (χ4v) is 3.73. The molecule has 1 aliphatic heterocycles. The number of piperazine rings is 1. The van der Waals surface area contributed by atoms with Gasteiger partial charge < -0.3 is 14.9 Å². The van der Waals surface area contributed by atoms with E-state index in [0.717, 1.165) is 54.5 Å². The van der Waals surface area contributed by atoms with Gasteiger partial charge in [0, 0.05) is 44.3 Å². The number of carboxylic acids is 2. The van der Waals surface area contributed by atoms with Crippen molar-refractivity contribution in [2.45, 2.75) is 13.1 Å². The number of nitrogens with zero attached hydrogens (tertiary/aromatic N) is 2. The van der Waals surface area contributed by atoms with Crippen LogP contribution in [0.25, 0.3) is 0 Å². The zero-order valence-corrected chi connectivity index (χ0v) is 18.9. The molecule has 3 rings (SSSR count). The number of carbonyl (C=O) groups is 2. The maximum Gasteiger partial charge on any atom is 0.414 e. The summed E-state index contributed by atoms with van der Waals surface area (Å²) in [5, 5.41) is 15.6. The smallest absolute Gasteiger partial charge is 0.414 e. The number of rotatable bonds is 5. The second-order valence-electron chi connectivity index (χ2n) is 6.76. The Morgan fingerprint density at radius 1 is 0.933 bits per heavy atom. The largest absolute Gasteiger partial charge is 0.496 e. The summed E-state index contributed by atoms with van der Waals surface area (Å²) in [7, 11) is 1.69. The second-order valence-corrected chi connectivity index (χ2v) is 8.05. The van der Waals surface area contributed by atoms with Gasteiger partial charge in [-0.05, 0) is 51.3 Å². The molecule has 2 aromatic rings. The first-order chi connectivity index (χ1) is 14.3. The highest BCUT2D eigenvalue weighted by Crippen LogP contribution is 2.26. The van der Waals surface area contributed by atoms with Crippen molar-refractivity contribution in [2.24, 2.45) is 0 Å². The lowest BCUT2D eigenvalue weighted by molar-refractivity contribution is -0.159.